The van der Waals surface area contributed by atoms with Crippen LogP contribution in [0.3, 0.4) is 0 Å². The van der Waals surface area contributed by atoms with E-state index in [2.05, 4.69) is 25.0 Å². The molecule has 0 spiro atoms. The number of hydrogen-bond donors (Lipinski definition) is 0. The summed E-state index contributed by atoms with van der Waals surface area (Å²) >= 11 is 5.89. The first-order chi connectivity index (χ1) is 14.8. The van der Waals surface area contributed by atoms with Crippen LogP contribution in [-0.4, -0.2) is 44.4 Å². The number of benzene rings is 1. The van der Waals surface area contributed by atoms with Crippen molar-refractivity contribution in [1.29, 1.82) is 0 Å². The Labute approximate surface area is 181 Å². The molecule has 1 aliphatic heterocycles. The lowest BCUT2D eigenvalue weighted by molar-refractivity contribution is 0.284. The molecule has 1 saturated heterocycles. The number of halogens is 1. The van der Waals surface area contributed by atoms with E-state index in [1.807, 2.05) is 24.3 Å². The van der Waals surface area contributed by atoms with Crippen molar-refractivity contribution in [1.82, 2.24) is 24.7 Å². The zero-order chi connectivity index (χ0) is 20.3. The van der Waals surface area contributed by atoms with E-state index in [1.54, 1.807) is 23.4 Å². The van der Waals surface area contributed by atoms with Crippen LogP contribution in [0.1, 0.15) is 25.7 Å². The summed E-state index contributed by atoms with van der Waals surface area (Å²) in [6, 6.07) is 8.00. The zero-order valence-corrected chi connectivity index (χ0v) is 17.5. The third-order valence-electron chi connectivity index (χ3n) is 6.27. The summed E-state index contributed by atoms with van der Waals surface area (Å²) in [4.78, 5) is 15.0. The number of hydrogen-bond acceptors (Lipinski definition) is 6. The lowest BCUT2D eigenvalue weighted by Gasteiger charge is -2.32. The third kappa shape index (κ3) is 4.41. The first kappa shape index (κ1) is 19.3. The van der Waals surface area contributed by atoms with Crippen molar-refractivity contribution in [2.75, 3.05) is 24.6 Å². The van der Waals surface area contributed by atoms with Crippen LogP contribution < -0.4 is 9.64 Å². The number of anilines is 1. The molecule has 0 bridgehead atoms. The van der Waals surface area contributed by atoms with Crippen molar-refractivity contribution in [3.05, 3.63) is 54.3 Å². The van der Waals surface area contributed by atoms with Crippen molar-refractivity contribution in [2.45, 2.75) is 25.7 Å². The molecular formula is C22H25ClN6O. The molecule has 0 N–H and O–H groups in total. The minimum atomic E-state index is 0.585. The van der Waals surface area contributed by atoms with Gasteiger partial charge in [-0.05, 0) is 55.6 Å². The highest BCUT2D eigenvalue weighted by atomic mass is 35.5. The summed E-state index contributed by atoms with van der Waals surface area (Å²) in [6.07, 6.45) is 11.5. The molecule has 7 nitrogen and oxygen atoms in total. The SMILES string of the molecule is Clc1cnc(N2CCC([C@@H]3C[C@@H]3CCOc3cccc(-n4cncn4)c3)CC2)nc1. The Kier molecular flexibility index (Phi) is 5.53. The van der Waals surface area contributed by atoms with Gasteiger partial charge >= 0.3 is 0 Å². The summed E-state index contributed by atoms with van der Waals surface area (Å²) in [5.74, 6) is 4.15. The van der Waals surface area contributed by atoms with Crippen molar-refractivity contribution in [3.63, 3.8) is 0 Å². The predicted octanol–water partition coefficient (Wildman–Crippen LogP) is 4.03. The molecule has 2 aromatic heterocycles. The first-order valence-electron chi connectivity index (χ1n) is 10.6. The highest BCUT2D eigenvalue weighted by Gasteiger charge is 2.43. The van der Waals surface area contributed by atoms with E-state index >= 15 is 0 Å². The lowest BCUT2D eigenvalue weighted by atomic mass is 9.90. The maximum atomic E-state index is 6.02. The van der Waals surface area contributed by atoms with E-state index in [0.717, 1.165) is 61.3 Å². The van der Waals surface area contributed by atoms with Gasteiger partial charge < -0.3 is 9.64 Å². The summed E-state index contributed by atoms with van der Waals surface area (Å²) in [6.45, 7) is 2.82. The van der Waals surface area contributed by atoms with Gasteiger partial charge in [-0.3, -0.25) is 0 Å². The minimum absolute atomic E-state index is 0.585. The average Bonchev–Trinajstić information content (AvgIpc) is 3.33. The largest absolute Gasteiger partial charge is 0.494 e. The second-order valence-electron chi connectivity index (χ2n) is 8.16. The van der Waals surface area contributed by atoms with Gasteiger partial charge in [-0.15, -0.1) is 0 Å². The maximum absolute atomic E-state index is 6.02. The Balaban J connectivity index is 1.06. The fourth-order valence-electron chi connectivity index (χ4n) is 4.56. The third-order valence-corrected chi connectivity index (χ3v) is 6.47. The van der Waals surface area contributed by atoms with Gasteiger partial charge in [0, 0.05) is 19.2 Å². The Bertz CT molecular complexity index is 956. The molecule has 8 heteroatoms. The molecule has 0 radical (unpaired) electrons. The van der Waals surface area contributed by atoms with Gasteiger partial charge in [-0.1, -0.05) is 17.7 Å². The second-order valence-corrected chi connectivity index (χ2v) is 8.60. The molecule has 2 atom stereocenters. The Hall–Kier alpha value is -2.67. The van der Waals surface area contributed by atoms with E-state index in [9.17, 15) is 0 Å². The predicted molar refractivity (Wildman–Crippen MR) is 115 cm³/mol. The van der Waals surface area contributed by atoms with Crippen molar-refractivity contribution in [2.24, 2.45) is 17.8 Å². The van der Waals surface area contributed by atoms with Crippen LogP contribution in [0, 0.1) is 17.8 Å². The van der Waals surface area contributed by atoms with Crippen LogP contribution in [0.4, 0.5) is 5.95 Å². The van der Waals surface area contributed by atoms with Gasteiger partial charge in [0.2, 0.25) is 5.95 Å². The standard InChI is InChI=1S/C22H25ClN6O/c23-18-12-25-22(26-13-18)28-7-4-16(5-8-28)21-10-17(21)6-9-30-20-3-1-2-19(11-20)29-15-24-14-27-29/h1-3,11-17,21H,4-10H2/t17-,21-/m0/s1. The fraction of sp³-hybridized carbons (Fsp3) is 0.455. The molecule has 1 aromatic carbocycles. The summed E-state index contributed by atoms with van der Waals surface area (Å²) in [5.41, 5.74) is 0.964. The molecule has 3 heterocycles. The van der Waals surface area contributed by atoms with Gasteiger partial charge in [-0.25, -0.2) is 19.6 Å². The number of nitrogens with zero attached hydrogens (tertiary/aromatic N) is 6. The smallest absolute Gasteiger partial charge is 0.225 e. The van der Waals surface area contributed by atoms with E-state index in [0.29, 0.717) is 5.02 Å². The molecular weight excluding hydrogens is 400 g/mol. The molecule has 3 aromatic rings. The van der Waals surface area contributed by atoms with E-state index < -0.39 is 0 Å². The van der Waals surface area contributed by atoms with Gasteiger partial charge in [0.15, 0.2) is 0 Å². The van der Waals surface area contributed by atoms with E-state index in [1.165, 1.54) is 25.6 Å². The van der Waals surface area contributed by atoms with Crippen LogP contribution in [0.2, 0.25) is 5.02 Å². The van der Waals surface area contributed by atoms with Crippen LogP contribution in [0.25, 0.3) is 5.69 Å². The van der Waals surface area contributed by atoms with Crippen LogP contribution >= 0.6 is 11.6 Å². The monoisotopic (exact) mass is 424 g/mol. The highest BCUT2D eigenvalue weighted by Crippen LogP contribution is 2.49. The Morgan fingerprint density at radius 3 is 2.73 bits per heavy atom. The normalized spacial score (nSPS) is 21.6. The van der Waals surface area contributed by atoms with Crippen LogP contribution in [0.15, 0.2) is 49.3 Å². The van der Waals surface area contributed by atoms with Crippen LogP contribution in [0.5, 0.6) is 5.75 Å². The van der Waals surface area contributed by atoms with E-state index in [4.69, 9.17) is 16.3 Å². The quantitative estimate of drug-likeness (QED) is 0.570. The molecule has 5 rings (SSSR count). The maximum Gasteiger partial charge on any atom is 0.225 e. The topological polar surface area (TPSA) is 69.0 Å². The first-order valence-corrected chi connectivity index (χ1v) is 10.9. The number of aromatic nitrogens is 5. The molecule has 2 aliphatic rings. The number of piperidine rings is 1. The number of rotatable bonds is 7. The average molecular weight is 425 g/mol. The molecule has 1 aliphatic carbocycles. The van der Waals surface area contributed by atoms with Gasteiger partial charge in [0.1, 0.15) is 18.4 Å². The minimum Gasteiger partial charge on any atom is -0.494 e. The van der Waals surface area contributed by atoms with Crippen molar-refractivity contribution in [3.8, 4) is 11.4 Å². The summed E-state index contributed by atoms with van der Waals surface area (Å²) in [5, 5.41) is 4.75. The van der Waals surface area contributed by atoms with Crippen molar-refractivity contribution < 1.29 is 4.74 Å². The number of ether oxygens (including phenoxy) is 1. The lowest BCUT2D eigenvalue weighted by Crippen LogP contribution is -2.35. The Morgan fingerprint density at radius 2 is 1.97 bits per heavy atom. The fourth-order valence-corrected chi connectivity index (χ4v) is 4.66. The molecule has 2 fully saturated rings. The highest BCUT2D eigenvalue weighted by molar-refractivity contribution is 6.30. The second kappa shape index (κ2) is 8.60. The molecule has 30 heavy (non-hydrogen) atoms. The molecule has 156 valence electrons. The van der Waals surface area contributed by atoms with Gasteiger partial charge in [0.05, 0.1) is 29.7 Å². The summed E-state index contributed by atoms with van der Waals surface area (Å²) in [7, 11) is 0. The molecule has 0 unspecified atom stereocenters. The van der Waals surface area contributed by atoms with E-state index in [-0.39, 0.29) is 0 Å². The van der Waals surface area contributed by atoms with Gasteiger partial charge in [-0.2, -0.15) is 5.10 Å². The van der Waals surface area contributed by atoms with Crippen LogP contribution in [-0.2, 0) is 0 Å². The molecule has 1 saturated carbocycles. The molecule has 0 amide bonds. The zero-order valence-electron chi connectivity index (χ0n) is 16.8. The van der Waals surface area contributed by atoms with Crippen molar-refractivity contribution >= 4 is 17.5 Å². The Morgan fingerprint density at radius 1 is 1.13 bits per heavy atom. The van der Waals surface area contributed by atoms with Gasteiger partial charge in [0.25, 0.3) is 0 Å². The summed E-state index contributed by atoms with van der Waals surface area (Å²) < 4.78 is 7.76.